The number of rotatable bonds is 4. The summed E-state index contributed by atoms with van der Waals surface area (Å²) in [5, 5.41) is 17.5. The van der Waals surface area contributed by atoms with Crippen LogP contribution in [0.1, 0.15) is 27.7 Å². The van der Waals surface area contributed by atoms with E-state index in [0.29, 0.717) is 0 Å². The molecule has 0 aromatic rings. The zero-order chi connectivity index (χ0) is 12.7. The van der Waals surface area contributed by atoms with Crippen molar-refractivity contribution in [1.82, 2.24) is 0 Å². The summed E-state index contributed by atoms with van der Waals surface area (Å²) in [6.07, 6.45) is 0. The Morgan fingerprint density at radius 1 is 0.867 bits per heavy atom. The highest BCUT2D eigenvalue weighted by molar-refractivity contribution is 7.95. The Bertz CT molecular complexity index is 357. The summed E-state index contributed by atoms with van der Waals surface area (Å²) in [6, 6.07) is 0. The minimum absolute atomic E-state index is 0.968. The lowest BCUT2D eigenvalue weighted by Gasteiger charge is -2.28. The van der Waals surface area contributed by atoms with Crippen LogP contribution >= 0.6 is 0 Å². The van der Waals surface area contributed by atoms with Crippen molar-refractivity contribution in [3.8, 4) is 0 Å². The predicted octanol–water partition coefficient (Wildman–Crippen LogP) is 0.128. The molecule has 0 radical (unpaired) electrons. The Morgan fingerprint density at radius 2 is 1.07 bits per heavy atom. The van der Waals surface area contributed by atoms with Gasteiger partial charge in [0.2, 0.25) is 0 Å². The number of carbonyl (C=O) groups is 2. The maximum absolute atomic E-state index is 11.8. The highest BCUT2D eigenvalue weighted by atomic mass is 32.2. The van der Waals surface area contributed by atoms with Crippen LogP contribution in [-0.2, 0) is 19.4 Å². The largest absolute Gasteiger partial charge is 0.480 e. The Labute approximate surface area is 87.8 Å². The molecule has 0 unspecified atom stereocenters. The van der Waals surface area contributed by atoms with E-state index in [9.17, 15) is 18.0 Å². The SMILES string of the molecule is CC(C)(C(=O)O)S(=O)(=O)C(C)(C)C(=O)O. The predicted molar refractivity (Wildman–Crippen MR) is 52.3 cm³/mol. The number of hydrogen-bond acceptors (Lipinski definition) is 4. The second-order valence-corrected chi connectivity index (χ2v) is 7.18. The average molecular weight is 238 g/mol. The molecule has 88 valence electrons. The molecule has 0 amide bonds. The molecule has 0 aromatic heterocycles. The van der Waals surface area contributed by atoms with Gasteiger partial charge in [-0.3, -0.25) is 9.59 Å². The van der Waals surface area contributed by atoms with Crippen LogP contribution in [0, 0.1) is 0 Å². The molecule has 0 saturated carbocycles. The van der Waals surface area contributed by atoms with E-state index in [1.807, 2.05) is 0 Å². The Kier molecular flexibility index (Phi) is 3.22. The number of hydrogen-bond donors (Lipinski definition) is 2. The van der Waals surface area contributed by atoms with Gasteiger partial charge < -0.3 is 10.2 Å². The third kappa shape index (κ3) is 1.83. The molecule has 0 heterocycles. The summed E-state index contributed by atoms with van der Waals surface area (Å²) in [4.78, 5) is 21.5. The molecule has 15 heavy (non-hydrogen) atoms. The molecular formula is C8H14O6S. The van der Waals surface area contributed by atoms with Crippen molar-refractivity contribution >= 4 is 21.8 Å². The molecule has 0 atom stereocenters. The number of sulfone groups is 1. The molecule has 0 aliphatic carbocycles. The normalized spacial score (nSPS) is 13.6. The lowest BCUT2D eigenvalue weighted by molar-refractivity contribution is -0.139. The van der Waals surface area contributed by atoms with Gasteiger partial charge in [0.05, 0.1) is 0 Å². The fourth-order valence-corrected chi connectivity index (χ4v) is 2.60. The van der Waals surface area contributed by atoms with Gasteiger partial charge in [0.15, 0.2) is 19.3 Å². The lowest BCUT2D eigenvalue weighted by Crippen LogP contribution is -2.53. The van der Waals surface area contributed by atoms with E-state index in [2.05, 4.69) is 0 Å². The van der Waals surface area contributed by atoms with Crippen molar-refractivity contribution in [2.24, 2.45) is 0 Å². The molecule has 0 aliphatic rings. The number of carboxylic acid groups (broad SMARTS) is 2. The number of carboxylic acids is 2. The monoisotopic (exact) mass is 238 g/mol. The molecule has 0 saturated heterocycles. The maximum Gasteiger partial charge on any atom is 0.324 e. The van der Waals surface area contributed by atoms with E-state index in [1.165, 1.54) is 0 Å². The Balaban J connectivity index is 5.75. The zero-order valence-corrected chi connectivity index (χ0v) is 9.75. The molecule has 7 heteroatoms. The summed E-state index contributed by atoms with van der Waals surface area (Å²) in [6.45, 7) is 3.87. The van der Waals surface area contributed by atoms with Gasteiger partial charge in [-0.1, -0.05) is 0 Å². The van der Waals surface area contributed by atoms with E-state index in [0.717, 1.165) is 27.7 Å². The first-order chi connectivity index (χ1) is 6.39. The van der Waals surface area contributed by atoms with Crippen LogP contribution in [0.2, 0.25) is 0 Å². The summed E-state index contributed by atoms with van der Waals surface area (Å²) < 4.78 is 19.3. The minimum Gasteiger partial charge on any atom is -0.480 e. The number of aliphatic carboxylic acids is 2. The van der Waals surface area contributed by atoms with E-state index in [-0.39, 0.29) is 0 Å². The standard InChI is InChI=1S/C8H14O6S/c1-7(2,5(9)10)15(13,14)8(3,4)6(11)12/h1-4H3,(H,9,10)(H,11,12). The zero-order valence-electron chi connectivity index (χ0n) is 8.94. The van der Waals surface area contributed by atoms with Gasteiger partial charge >= 0.3 is 11.9 Å². The van der Waals surface area contributed by atoms with Gasteiger partial charge in [-0.25, -0.2) is 8.42 Å². The molecular weight excluding hydrogens is 224 g/mol. The first-order valence-corrected chi connectivity index (χ1v) is 5.58. The molecule has 0 aliphatic heterocycles. The molecule has 2 N–H and O–H groups in total. The summed E-state index contributed by atoms with van der Waals surface area (Å²) in [7, 11) is -4.34. The maximum atomic E-state index is 11.8. The first-order valence-electron chi connectivity index (χ1n) is 4.10. The van der Waals surface area contributed by atoms with Crippen molar-refractivity contribution in [3.05, 3.63) is 0 Å². The van der Waals surface area contributed by atoms with Crippen molar-refractivity contribution in [2.45, 2.75) is 37.2 Å². The second kappa shape index (κ2) is 3.48. The van der Waals surface area contributed by atoms with E-state index >= 15 is 0 Å². The van der Waals surface area contributed by atoms with Gasteiger partial charge in [0, 0.05) is 0 Å². The van der Waals surface area contributed by atoms with Crippen LogP contribution in [-0.4, -0.2) is 40.1 Å². The molecule has 0 rings (SSSR count). The molecule has 6 nitrogen and oxygen atoms in total. The summed E-state index contributed by atoms with van der Waals surface area (Å²) in [5.41, 5.74) is 0. The van der Waals surface area contributed by atoms with Crippen LogP contribution in [0.25, 0.3) is 0 Å². The third-order valence-corrected chi connectivity index (χ3v) is 5.41. The highest BCUT2D eigenvalue weighted by Gasteiger charge is 2.54. The summed E-state index contributed by atoms with van der Waals surface area (Å²) >= 11 is 0. The van der Waals surface area contributed by atoms with Crippen molar-refractivity contribution < 1.29 is 28.2 Å². The first kappa shape index (κ1) is 13.9. The van der Waals surface area contributed by atoms with Gasteiger partial charge in [0.1, 0.15) is 0 Å². The topological polar surface area (TPSA) is 109 Å². The highest BCUT2D eigenvalue weighted by Crippen LogP contribution is 2.29. The Hall–Kier alpha value is -1.11. The van der Waals surface area contributed by atoms with Crippen molar-refractivity contribution in [1.29, 1.82) is 0 Å². The fraction of sp³-hybridized carbons (Fsp3) is 0.750. The minimum atomic E-state index is -4.34. The van der Waals surface area contributed by atoms with Crippen LogP contribution in [0.5, 0.6) is 0 Å². The van der Waals surface area contributed by atoms with Crippen molar-refractivity contribution in [3.63, 3.8) is 0 Å². The molecule has 0 bridgehead atoms. The second-order valence-electron chi connectivity index (χ2n) is 4.13. The van der Waals surface area contributed by atoms with Gasteiger partial charge in [-0.05, 0) is 27.7 Å². The Morgan fingerprint density at radius 3 is 1.20 bits per heavy atom. The average Bonchev–Trinajstić information content (AvgIpc) is 2.02. The van der Waals surface area contributed by atoms with Gasteiger partial charge in [-0.15, -0.1) is 0 Å². The third-order valence-electron chi connectivity index (χ3n) is 2.37. The van der Waals surface area contributed by atoms with Gasteiger partial charge in [-0.2, -0.15) is 0 Å². The molecule has 0 fully saturated rings. The van der Waals surface area contributed by atoms with Crippen molar-refractivity contribution in [2.75, 3.05) is 0 Å². The van der Waals surface area contributed by atoms with Gasteiger partial charge in [0.25, 0.3) is 0 Å². The van der Waals surface area contributed by atoms with E-state index < -0.39 is 31.3 Å². The van der Waals surface area contributed by atoms with Crippen LogP contribution < -0.4 is 0 Å². The fourth-order valence-electron chi connectivity index (χ4n) is 0.868. The summed E-state index contributed by atoms with van der Waals surface area (Å²) in [5.74, 6) is -3.14. The quantitative estimate of drug-likeness (QED) is 0.720. The smallest absolute Gasteiger partial charge is 0.324 e. The lowest BCUT2D eigenvalue weighted by atomic mass is 10.2. The van der Waals surface area contributed by atoms with Crippen LogP contribution in [0.4, 0.5) is 0 Å². The van der Waals surface area contributed by atoms with Crippen LogP contribution in [0.3, 0.4) is 0 Å². The molecule has 0 aromatic carbocycles. The van der Waals surface area contributed by atoms with Crippen LogP contribution in [0.15, 0.2) is 0 Å². The molecule has 0 spiro atoms. The van der Waals surface area contributed by atoms with E-state index in [1.54, 1.807) is 0 Å². The van der Waals surface area contributed by atoms with E-state index in [4.69, 9.17) is 10.2 Å².